The Bertz CT molecular complexity index is 376. The van der Waals surface area contributed by atoms with Gasteiger partial charge in [0, 0.05) is 17.5 Å². The van der Waals surface area contributed by atoms with Gasteiger partial charge in [0.2, 0.25) is 0 Å². The van der Waals surface area contributed by atoms with E-state index in [2.05, 4.69) is 12.2 Å². The Kier molecular flexibility index (Phi) is 7.38. The Morgan fingerprint density at radius 2 is 1.80 bits per heavy atom. The third-order valence-corrected chi connectivity index (χ3v) is 3.38. The molecule has 0 amide bonds. The number of benzene rings is 1. The zero-order chi connectivity index (χ0) is 15.0. The van der Waals surface area contributed by atoms with Gasteiger partial charge >= 0.3 is 6.18 Å². The topological polar surface area (TPSA) is 12.0 Å². The van der Waals surface area contributed by atoms with Crippen molar-refractivity contribution < 1.29 is 13.2 Å². The second kappa shape index (κ2) is 8.53. The van der Waals surface area contributed by atoms with Gasteiger partial charge in [0.1, 0.15) is 0 Å². The molecule has 0 bridgehead atoms. The minimum absolute atomic E-state index is 0.177. The number of nitrogens with one attached hydrogen (secondary N) is 1. The van der Waals surface area contributed by atoms with E-state index in [1.807, 2.05) is 24.3 Å². The fraction of sp³-hybridized carbons (Fsp3) is 0.600. The Hall–Kier alpha value is -0.740. The van der Waals surface area contributed by atoms with Crippen LogP contribution in [0.15, 0.2) is 24.3 Å². The predicted molar refractivity (Wildman–Crippen MR) is 77.0 cm³/mol. The second-order valence-corrected chi connectivity index (χ2v) is 5.36. The van der Waals surface area contributed by atoms with Crippen LogP contribution in [0.5, 0.6) is 0 Å². The fourth-order valence-electron chi connectivity index (χ4n) is 2.10. The van der Waals surface area contributed by atoms with Crippen LogP contribution in [0.3, 0.4) is 0 Å². The second-order valence-electron chi connectivity index (χ2n) is 4.92. The molecule has 0 aliphatic rings. The van der Waals surface area contributed by atoms with Crippen molar-refractivity contribution in [2.45, 2.75) is 51.2 Å². The van der Waals surface area contributed by atoms with Crippen molar-refractivity contribution in [1.82, 2.24) is 5.32 Å². The lowest BCUT2D eigenvalue weighted by Gasteiger charge is -2.19. The van der Waals surface area contributed by atoms with Crippen molar-refractivity contribution in [3.8, 4) is 0 Å². The zero-order valence-corrected chi connectivity index (χ0v) is 12.4. The van der Waals surface area contributed by atoms with Crippen LogP contribution in [-0.2, 0) is 0 Å². The molecule has 5 heteroatoms. The third-order valence-electron chi connectivity index (χ3n) is 3.13. The summed E-state index contributed by atoms with van der Waals surface area (Å²) in [7, 11) is 0. The molecule has 0 aliphatic carbocycles. The molecule has 1 aromatic rings. The summed E-state index contributed by atoms with van der Waals surface area (Å²) < 4.78 is 36.1. The van der Waals surface area contributed by atoms with E-state index in [-0.39, 0.29) is 12.5 Å². The largest absolute Gasteiger partial charge is 0.389 e. The monoisotopic (exact) mass is 307 g/mol. The molecule has 0 fully saturated rings. The van der Waals surface area contributed by atoms with Gasteiger partial charge in [0.25, 0.3) is 0 Å². The van der Waals surface area contributed by atoms with Gasteiger partial charge in [-0.05, 0) is 43.5 Å². The summed E-state index contributed by atoms with van der Waals surface area (Å²) in [5.41, 5.74) is 1.13. The molecule has 114 valence electrons. The standard InChI is InChI=1S/C15H21ClF3N/c1-2-5-14(12-6-8-13(16)9-7-12)20-11-4-3-10-15(17,18)19/h6-9,14,20H,2-5,10-11H2,1H3. The van der Waals surface area contributed by atoms with E-state index < -0.39 is 12.6 Å². The van der Waals surface area contributed by atoms with Crippen molar-refractivity contribution >= 4 is 11.6 Å². The Morgan fingerprint density at radius 3 is 2.35 bits per heavy atom. The minimum Gasteiger partial charge on any atom is -0.310 e. The van der Waals surface area contributed by atoms with Crippen molar-refractivity contribution in [1.29, 1.82) is 0 Å². The fourth-order valence-corrected chi connectivity index (χ4v) is 2.22. The van der Waals surface area contributed by atoms with Gasteiger partial charge in [-0.25, -0.2) is 0 Å². The Balaban J connectivity index is 2.38. The molecule has 0 saturated carbocycles. The summed E-state index contributed by atoms with van der Waals surface area (Å²) in [6, 6.07) is 7.79. The van der Waals surface area contributed by atoms with E-state index in [0.717, 1.165) is 18.4 Å². The smallest absolute Gasteiger partial charge is 0.310 e. The van der Waals surface area contributed by atoms with E-state index in [0.29, 0.717) is 18.0 Å². The maximum atomic E-state index is 12.0. The van der Waals surface area contributed by atoms with E-state index in [1.165, 1.54) is 0 Å². The van der Waals surface area contributed by atoms with Gasteiger partial charge in [-0.1, -0.05) is 37.1 Å². The summed E-state index contributed by atoms with van der Waals surface area (Å²) in [6.45, 7) is 2.69. The van der Waals surface area contributed by atoms with E-state index in [4.69, 9.17) is 11.6 Å². The summed E-state index contributed by atoms with van der Waals surface area (Å²) in [4.78, 5) is 0. The predicted octanol–water partition coefficient (Wildman–Crippen LogP) is 5.50. The van der Waals surface area contributed by atoms with Crippen molar-refractivity contribution in [2.75, 3.05) is 6.54 Å². The number of hydrogen-bond donors (Lipinski definition) is 1. The van der Waals surface area contributed by atoms with Crippen LogP contribution >= 0.6 is 11.6 Å². The molecule has 1 nitrogen and oxygen atoms in total. The van der Waals surface area contributed by atoms with Crippen LogP contribution in [0.25, 0.3) is 0 Å². The van der Waals surface area contributed by atoms with E-state index in [1.54, 1.807) is 0 Å². The molecule has 0 aliphatic heterocycles. The number of rotatable bonds is 8. The highest BCUT2D eigenvalue weighted by molar-refractivity contribution is 6.30. The van der Waals surface area contributed by atoms with Crippen LogP contribution in [0.2, 0.25) is 5.02 Å². The zero-order valence-electron chi connectivity index (χ0n) is 11.6. The molecule has 1 rings (SSSR count). The lowest BCUT2D eigenvalue weighted by Crippen LogP contribution is -2.22. The van der Waals surface area contributed by atoms with Crippen LogP contribution in [0, 0.1) is 0 Å². The molecule has 0 heterocycles. The molecule has 20 heavy (non-hydrogen) atoms. The van der Waals surface area contributed by atoms with Gasteiger partial charge in [-0.15, -0.1) is 0 Å². The van der Waals surface area contributed by atoms with Crippen LogP contribution in [-0.4, -0.2) is 12.7 Å². The molecule has 1 unspecified atom stereocenters. The highest BCUT2D eigenvalue weighted by Crippen LogP contribution is 2.23. The Labute approximate surface area is 123 Å². The Morgan fingerprint density at radius 1 is 1.15 bits per heavy atom. The molecular formula is C15H21ClF3N. The number of unbranched alkanes of at least 4 members (excludes halogenated alkanes) is 1. The molecule has 0 aromatic heterocycles. The first kappa shape index (κ1) is 17.3. The number of halogens is 4. The van der Waals surface area contributed by atoms with Crippen molar-refractivity contribution in [3.63, 3.8) is 0 Å². The van der Waals surface area contributed by atoms with E-state index in [9.17, 15) is 13.2 Å². The van der Waals surface area contributed by atoms with Gasteiger partial charge < -0.3 is 5.32 Å². The first-order valence-corrected chi connectivity index (χ1v) is 7.36. The molecule has 0 saturated heterocycles. The summed E-state index contributed by atoms with van der Waals surface area (Å²) >= 11 is 5.85. The molecular weight excluding hydrogens is 287 g/mol. The molecule has 1 aromatic carbocycles. The third kappa shape index (κ3) is 7.15. The molecule has 0 radical (unpaired) electrons. The SMILES string of the molecule is CCCC(NCCCCC(F)(F)F)c1ccc(Cl)cc1. The lowest BCUT2D eigenvalue weighted by molar-refractivity contribution is -0.135. The quantitative estimate of drug-likeness (QED) is 0.625. The number of hydrogen-bond acceptors (Lipinski definition) is 1. The highest BCUT2D eigenvalue weighted by Gasteiger charge is 2.25. The molecule has 0 spiro atoms. The summed E-state index contributed by atoms with van der Waals surface area (Å²) in [6.07, 6.45) is -2.06. The lowest BCUT2D eigenvalue weighted by atomic mass is 10.0. The van der Waals surface area contributed by atoms with Crippen molar-refractivity contribution in [3.05, 3.63) is 34.9 Å². The van der Waals surface area contributed by atoms with Gasteiger partial charge in [-0.2, -0.15) is 13.2 Å². The van der Waals surface area contributed by atoms with Crippen LogP contribution in [0.4, 0.5) is 13.2 Å². The van der Waals surface area contributed by atoms with E-state index >= 15 is 0 Å². The van der Waals surface area contributed by atoms with Crippen LogP contribution in [0.1, 0.15) is 50.6 Å². The van der Waals surface area contributed by atoms with Crippen molar-refractivity contribution in [2.24, 2.45) is 0 Å². The number of alkyl halides is 3. The van der Waals surface area contributed by atoms with Gasteiger partial charge in [0.05, 0.1) is 0 Å². The van der Waals surface area contributed by atoms with Crippen LogP contribution < -0.4 is 5.32 Å². The normalized spacial score (nSPS) is 13.4. The first-order chi connectivity index (χ1) is 9.42. The molecule has 1 N–H and O–H groups in total. The minimum atomic E-state index is -4.04. The average Bonchev–Trinajstić information content (AvgIpc) is 2.37. The molecule has 1 atom stereocenters. The average molecular weight is 308 g/mol. The maximum absolute atomic E-state index is 12.0. The highest BCUT2D eigenvalue weighted by atomic mass is 35.5. The summed E-state index contributed by atoms with van der Waals surface area (Å²) in [5.74, 6) is 0. The van der Waals surface area contributed by atoms with Gasteiger partial charge in [0.15, 0.2) is 0 Å². The maximum Gasteiger partial charge on any atom is 0.389 e. The first-order valence-electron chi connectivity index (χ1n) is 6.98. The van der Waals surface area contributed by atoms with Gasteiger partial charge in [-0.3, -0.25) is 0 Å². The summed E-state index contributed by atoms with van der Waals surface area (Å²) in [5, 5.41) is 4.02.